The molecule has 93 heavy (non-hydrogen) atoms. The molecule has 8 aromatic carbocycles. The molecule has 468 valence electrons. The van der Waals surface area contributed by atoms with E-state index in [9.17, 15) is 0 Å². The third kappa shape index (κ3) is 13.0. The van der Waals surface area contributed by atoms with Crippen molar-refractivity contribution in [1.29, 1.82) is 0 Å². The van der Waals surface area contributed by atoms with Crippen molar-refractivity contribution in [2.45, 2.75) is 162 Å². The topological polar surface area (TPSA) is 129 Å². The SMILES string of the molecule is CCCCC(C)(C)c1ccc(-c2nc(-c3ccc(C(C)(CCCC)CC(CC)(CC)c4ccc(-c5nc(-c6cnc(-c7ccccc7)nc6)nc(-c6ccc(C(C)(CC)CC)c7ccccc67)n5)c5ccccc45)cc3)nc(-c3cnc(-c4ccccc4)nc3)n2)cc1. The van der Waals surface area contributed by atoms with Crippen molar-refractivity contribution in [2.24, 2.45) is 0 Å². The van der Waals surface area contributed by atoms with Crippen LogP contribution in [0.5, 0.6) is 0 Å². The lowest BCUT2D eigenvalue weighted by molar-refractivity contribution is 0.255. The molecule has 0 bridgehead atoms. The van der Waals surface area contributed by atoms with Crippen LogP contribution in [0, 0.1) is 0 Å². The van der Waals surface area contributed by atoms with Gasteiger partial charge < -0.3 is 0 Å². The smallest absolute Gasteiger partial charge is 0.167 e. The van der Waals surface area contributed by atoms with Crippen LogP contribution in [0.1, 0.15) is 162 Å². The molecule has 0 amide bonds. The van der Waals surface area contributed by atoms with E-state index < -0.39 is 0 Å². The van der Waals surface area contributed by atoms with Gasteiger partial charge in [0.2, 0.25) is 0 Å². The highest BCUT2D eigenvalue weighted by Gasteiger charge is 2.40. The van der Waals surface area contributed by atoms with Crippen LogP contribution in [0.25, 0.3) is 113 Å². The summed E-state index contributed by atoms with van der Waals surface area (Å²) in [7, 11) is 0. The molecule has 0 radical (unpaired) electrons. The lowest BCUT2D eigenvalue weighted by Gasteiger charge is -2.43. The zero-order valence-electron chi connectivity index (χ0n) is 55.9. The van der Waals surface area contributed by atoms with Crippen LogP contribution < -0.4 is 0 Å². The maximum Gasteiger partial charge on any atom is 0.167 e. The zero-order chi connectivity index (χ0) is 64.7. The molecular formula is C83H86N10. The average molecular weight is 1220 g/mol. The summed E-state index contributed by atoms with van der Waals surface area (Å²) in [5.74, 6) is 4.75. The fourth-order valence-electron chi connectivity index (χ4n) is 14.0. The first-order valence-corrected chi connectivity index (χ1v) is 33.8. The Kier molecular flexibility index (Phi) is 18.7. The average Bonchev–Trinajstić information content (AvgIpc) is 0.762. The predicted octanol–water partition coefficient (Wildman–Crippen LogP) is 21.4. The molecule has 0 N–H and O–H groups in total. The minimum Gasteiger partial charge on any atom is -0.236 e. The first-order chi connectivity index (χ1) is 45.2. The van der Waals surface area contributed by atoms with Gasteiger partial charge in [-0.25, -0.2) is 49.8 Å². The maximum atomic E-state index is 5.48. The van der Waals surface area contributed by atoms with E-state index in [0.29, 0.717) is 52.2 Å². The summed E-state index contributed by atoms with van der Waals surface area (Å²) >= 11 is 0. The van der Waals surface area contributed by atoms with Crippen molar-refractivity contribution in [3.63, 3.8) is 0 Å². The van der Waals surface area contributed by atoms with Gasteiger partial charge in [0.1, 0.15) is 0 Å². The van der Waals surface area contributed by atoms with Gasteiger partial charge >= 0.3 is 0 Å². The molecule has 1 atom stereocenters. The van der Waals surface area contributed by atoms with E-state index in [-0.39, 0.29) is 21.7 Å². The lowest BCUT2D eigenvalue weighted by atomic mass is 9.61. The molecule has 0 aliphatic rings. The third-order valence-corrected chi connectivity index (χ3v) is 20.4. The molecule has 12 rings (SSSR count). The number of fused-ring (bicyclic) bond motifs is 2. The Morgan fingerprint density at radius 2 is 0.656 bits per heavy atom. The van der Waals surface area contributed by atoms with Crippen molar-refractivity contribution in [3.05, 3.63) is 229 Å². The summed E-state index contributed by atoms with van der Waals surface area (Å²) in [4.78, 5) is 51.0. The van der Waals surface area contributed by atoms with E-state index in [1.54, 1.807) is 0 Å². The number of benzene rings is 8. The molecule has 10 heteroatoms. The van der Waals surface area contributed by atoms with Gasteiger partial charge in [0.15, 0.2) is 46.6 Å². The molecule has 0 spiro atoms. The summed E-state index contributed by atoms with van der Waals surface area (Å²) in [5.41, 5.74) is 12.0. The fraction of sp³-hybridized carbons (Fsp3) is 0.301. The van der Waals surface area contributed by atoms with Crippen molar-refractivity contribution < 1.29 is 0 Å². The van der Waals surface area contributed by atoms with Crippen molar-refractivity contribution in [1.82, 2.24) is 49.8 Å². The Bertz CT molecular complexity index is 4520. The second kappa shape index (κ2) is 27.3. The van der Waals surface area contributed by atoms with Gasteiger partial charge in [0, 0.05) is 58.2 Å². The van der Waals surface area contributed by atoms with Crippen molar-refractivity contribution in [2.75, 3.05) is 0 Å². The molecule has 0 aliphatic carbocycles. The van der Waals surface area contributed by atoms with Crippen LogP contribution in [0.2, 0.25) is 0 Å². The Hall–Kier alpha value is -9.54. The monoisotopic (exact) mass is 1220 g/mol. The molecule has 10 nitrogen and oxygen atoms in total. The number of aromatic nitrogens is 10. The molecule has 12 aromatic rings. The van der Waals surface area contributed by atoms with Crippen LogP contribution in [0.4, 0.5) is 0 Å². The number of nitrogens with zero attached hydrogens (tertiary/aromatic N) is 10. The summed E-state index contributed by atoms with van der Waals surface area (Å²) in [6, 6.07) is 64.8. The first-order valence-electron chi connectivity index (χ1n) is 33.8. The zero-order valence-corrected chi connectivity index (χ0v) is 55.9. The number of hydrogen-bond donors (Lipinski definition) is 0. The maximum absolute atomic E-state index is 5.48. The molecule has 0 saturated heterocycles. The molecular weight excluding hydrogens is 1140 g/mol. The molecule has 0 saturated carbocycles. The second-order valence-corrected chi connectivity index (χ2v) is 26.6. The highest BCUT2D eigenvalue weighted by Crippen LogP contribution is 2.50. The third-order valence-electron chi connectivity index (χ3n) is 20.4. The van der Waals surface area contributed by atoms with Gasteiger partial charge in [-0.2, -0.15) is 0 Å². The lowest BCUT2D eigenvalue weighted by Crippen LogP contribution is -2.36. The predicted molar refractivity (Wildman–Crippen MR) is 384 cm³/mol. The molecule has 1 unspecified atom stereocenters. The number of hydrogen-bond acceptors (Lipinski definition) is 10. The largest absolute Gasteiger partial charge is 0.236 e. The fourth-order valence-corrected chi connectivity index (χ4v) is 14.0. The molecule has 4 aromatic heterocycles. The van der Waals surface area contributed by atoms with Crippen molar-refractivity contribution >= 4 is 21.5 Å². The van der Waals surface area contributed by atoms with Crippen molar-refractivity contribution in [3.8, 4) is 91.1 Å². The quantitative estimate of drug-likeness (QED) is 0.0577. The summed E-state index contributed by atoms with van der Waals surface area (Å²) < 4.78 is 0. The van der Waals surface area contributed by atoms with Gasteiger partial charge in [-0.05, 0) is 110 Å². The van der Waals surface area contributed by atoms with E-state index in [1.807, 2.05) is 85.5 Å². The second-order valence-electron chi connectivity index (χ2n) is 26.6. The highest BCUT2D eigenvalue weighted by atomic mass is 15.1. The summed E-state index contributed by atoms with van der Waals surface area (Å²) in [6.45, 7) is 23.4. The van der Waals surface area contributed by atoms with Crippen LogP contribution in [-0.4, -0.2) is 49.8 Å². The van der Waals surface area contributed by atoms with E-state index in [0.717, 1.165) is 108 Å². The Morgan fingerprint density at radius 3 is 1.10 bits per heavy atom. The minimum absolute atomic E-state index is 0.0106. The summed E-state index contributed by atoms with van der Waals surface area (Å²) in [6.07, 6.45) is 18.9. The van der Waals surface area contributed by atoms with E-state index in [2.05, 4.69) is 191 Å². The van der Waals surface area contributed by atoms with E-state index >= 15 is 0 Å². The Morgan fingerprint density at radius 1 is 0.290 bits per heavy atom. The first kappa shape index (κ1) is 63.6. The van der Waals surface area contributed by atoms with E-state index in [1.165, 1.54) is 45.9 Å². The van der Waals surface area contributed by atoms with Crippen LogP contribution in [0.3, 0.4) is 0 Å². The summed E-state index contributed by atoms with van der Waals surface area (Å²) in [5, 5.41) is 4.64. The van der Waals surface area contributed by atoms with Gasteiger partial charge in [-0.15, -0.1) is 0 Å². The van der Waals surface area contributed by atoms with Gasteiger partial charge in [-0.1, -0.05) is 277 Å². The Labute approximate surface area is 550 Å². The molecule has 4 heterocycles. The van der Waals surface area contributed by atoms with E-state index in [4.69, 9.17) is 49.8 Å². The minimum atomic E-state index is -0.199. The standard InChI is InChI=1S/C83H86N10/c1-11-17-49-80(7,8)62-41-37-58(38-42-62)74-88-75(90-76(89-74)60-51-84-72(85-52-60)56-29-21-19-22-30-56)59-39-43-63(44-40-59)82(10,50-18-12-2)55-83(15-5,16-6)71-48-46-69(65-34-26-28-36-67(65)71)79-92-77(61-53-86-73(87-54-61)57-31-23-20-24-32-57)91-78(93-79)68-45-47-70(81(9,13-3)14-4)66-35-27-25-33-64(66)68/h19-48,51-54H,11-18,49-50,55H2,1-10H3. The van der Waals surface area contributed by atoms with Crippen LogP contribution >= 0.6 is 0 Å². The van der Waals surface area contributed by atoms with Gasteiger partial charge in [0.05, 0.1) is 11.1 Å². The molecule has 0 aliphatic heterocycles. The number of rotatable bonds is 24. The highest BCUT2D eigenvalue weighted by molar-refractivity contribution is 6.00. The molecule has 0 fully saturated rings. The normalized spacial score (nSPS) is 12.8. The van der Waals surface area contributed by atoms with Crippen LogP contribution in [-0.2, 0) is 21.7 Å². The Balaban J connectivity index is 0.926. The number of unbranched alkanes of at least 4 members (excludes halogenated alkanes) is 2. The van der Waals surface area contributed by atoms with Crippen LogP contribution in [0.15, 0.2) is 207 Å². The van der Waals surface area contributed by atoms with Gasteiger partial charge in [-0.3, -0.25) is 0 Å². The van der Waals surface area contributed by atoms with Gasteiger partial charge in [0.25, 0.3) is 0 Å².